The molecule has 1 radical (unpaired) electrons. The SMILES string of the molecule is N#CNC(=N)NCCCCC[C]=O. The van der Waals surface area contributed by atoms with E-state index in [9.17, 15) is 4.79 Å². The van der Waals surface area contributed by atoms with Gasteiger partial charge in [0.1, 0.15) is 0 Å². The summed E-state index contributed by atoms with van der Waals surface area (Å²) in [6, 6.07) is 0. The lowest BCUT2D eigenvalue weighted by atomic mass is 10.2. The number of nitriles is 1. The molecule has 0 fully saturated rings. The molecule has 5 nitrogen and oxygen atoms in total. The molecule has 5 heteroatoms. The molecule has 13 heavy (non-hydrogen) atoms. The summed E-state index contributed by atoms with van der Waals surface area (Å²) < 4.78 is 0. The van der Waals surface area contributed by atoms with E-state index in [2.05, 4.69) is 10.6 Å². The Morgan fingerprint density at radius 3 is 2.77 bits per heavy atom. The fraction of sp³-hybridized carbons (Fsp3) is 0.625. The summed E-state index contributed by atoms with van der Waals surface area (Å²) in [7, 11) is 0. The van der Waals surface area contributed by atoms with Gasteiger partial charge >= 0.3 is 0 Å². The standard InChI is InChI=1S/C8H13N4O/c9-7-12-8(10)11-5-3-1-2-4-6-13/h1-5H2,(H3,10,11,12). The van der Waals surface area contributed by atoms with Gasteiger partial charge in [-0.1, -0.05) is 6.42 Å². The maximum absolute atomic E-state index is 9.81. The van der Waals surface area contributed by atoms with Gasteiger partial charge in [0, 0.05) is 13.0 Å². The highest BCUT2D eigenvalue weighted by Crippen LogP contribution is 1.95. The summed E-state index contributed by atoms with van der Waals surface area (Å²) in [4.78, 5) is 9.81. The third-order valence-corrected chi connectivity index (χ3v) is 1.44. The van der Waals surface area contributed by atoms with Crippen molar-refractivity contribution in [3.8, 4) is 6.19 Å². The summed E-state index contributed by atoms with van der Waals surface area (Å²) >= 11 is 0. The molecule has 71 valence electrons. The first-order valence-electron chi connectivity index (χ1n) is 4.13. The van der Waals surface area contributed by atoms with Crippen LogP contribution >= 0.6 is 0 Å². The molecule has 3 N–H and O–H groups in total. The van der Waals surface area contributed by atoms with Crippen LogP contribution in [0.2, 0.25) is 0 Å². The van der Waals surface area contributed by atoms with Crippen LogP contribution in [-0.4, -0.2) is 18.8 Å². The maximum atomic E-state index is 9.81. The third kappa shape index (κ3) is 8.34. The average Bonchev–Trinajstić information content (AvgIpc) is 2.11. The number of nitrogens with one attached hydrogen (secondary N) is 3. The highest BCUT2D eigenvalue weighted by Gasteiger charge is 1.92. The normalized spacial score (nSPS) is 8.54. The summed E-state index contributed by atoms with van der Waals surface area (Å²) in [5.74, 6) is 0.0180. The van der Waals surface area contributed by atoms with Gasteiger partial charge in [-0.2, -0.15) is 5.26 Å². The largest absolute Gasteiger partial charge is 0.356 e. The Morgan fingerprint density at radius 2 is 2.15 bits per heavy atom. The van der Waals surface area contributed by atoms with Gasteiger partial charge in [-0.3, -0.25) is 15.5 Å². The molecular formula is C8H13N4O. The molecular weight excluding hydrogens is 168 g/mol. The fourth-order valence-corrected chi connectivity index (χ4v) is 0.812. The van der Waals surface area contributed by atoms with Crippen LogP contribution in [0.1, 0.15) is 25.7 Å². The Labute approximate surface area is 77.6 Å². The van der Waals surface area contributed by atoms with Gasteiger partial charge in [-0.15, -0.1) is 0 Å². The molecule has 0 saturated heterocycles. The molecule has 0 aromatic carbocycles. The Balaban J connectivity index is 3.12. The minimum Gasteiger partial charge on any atom is -0.356 e. The molecule has 0 aliphatic rings. The van der Waals surface area contributed by atoms with Crippen LogP contribution in [0, 0.1) is 16.9 Å². The van der Waals surface area contributed by atoms with Gasteiger partial charge in [0.05, 0.1) is 0 Å². The lowest BCUT2D eigenvalue weighted by Crippen LogP contribution is -2.33. The topological polar surface area (TPSA) is 88.8 Å². The molecule has 0 amide bonds. The number of guanidine groups is 1. The van der Waals surface area contributed by atoms with E-state index in [0.717, 1.165) is 19.3 Å². The molecule has 0 atom stereocenters. The molecule has 0 aliphatic carbocycles. The second-order valence-corrected chi connectivity index (χ2v) is 2.49. The van der Waals surface area contributed by atoms with Crippen molar-refractivity contribution in [2.45, 2.75) is 25.7 Å². The number of carbonyl (C=O) groups excluding carboxylic acids is 1. The fourth-order valence-electron chi connectivity index (χ4n) is 0.812. The van der Waals surface area contributed by atoms with Gasteiger partial charge in [-0.25, -0.2) is 0 Å². The van der Waals surface area contributed by atoms with Gasteiger partial charge in [0.15, 0.2) is 12.5 Å². The molecule has 0 aromatic heterocycles. The van der Waals surface area contributed by atoms with Crippen molar-refractivity contribution < 1.29 is 4.79 Å². The first-order chi connectivity index (χ1) is 6.31. The highest BCUT2D eigenvalue weighted by molar-refractivity contribution is 5.77. The quantitative estimate of drug-likeness (QED) is 0.180. The van der Waals surface area contributed by atoms with Crippen LogP contribution in [0.3, 0.4) is 0 Å². The van der Waals surface area contributed by atoms with E-state index < -0.39 is 0 Å². The average molecular weight is 181 g/mol. The molecule has 0 aromatic rings. The van der Waals surface area contributed by atoms with Crippen LogP contribution in [0.15, 0.2) is 0 Å². The van der Waals surface area contributed by atoms with E-state index in [1.54, 1.807) is 6.19 Å². The van der Waals surface area contributed by atoms with Crippen molar-refractivity contribution in [3.05, 3.63) is 0 Å². The minimum absolute atomic E-state index is 0.0180. The van der Waals surface area contributed by atoms with E-state index in [1.165, 1.54) is 0 Å². The summed E-state index contributed by atoms with van der Waals surface area (Å²) in [5.41, 5.74) is 0. The molecule has 0 heterocycles. The summed E-state index contributed by atoms with van der Waals surface area (Å²) in [6.07, 6.45) is 6.60. The number of unbranched alkanes of at least 4 members (excludes halogenated alkanes) is 3. The number of rotatable bonds is 6. The predicted octanol–water partition coefficient (Wildman–Crippen LogP) is 0.252. The van der Waals surface area contributed by atoms with Gasteiger partial charge in [0.25, 0.3) is 0 Å². The molecule has 0 spiro atoms. The maximum Gasteiger partial charge on any atom is 0.201 e. The smallest absolute Gasteiger partial charge is 0.201 e. The van der Waals surface area contributed by atoms with Crippen molar-refractivity contribution in [2.75, 3.05) is 6.54 Å². The minimum atomic E-state index is 0.0180. The summed E-state index contributed by atoms with van der Waals surface area (Å²) in [5, 5.41) is 20.1. The van der Waals surface area contributed by atoms with Crippen LogP contribution in [0.4, 0.5) is 0 Å². The highest BCUT2D eigenvalue weighted by atomic mass is 16.1. The van der Waals surface area contributed by atoms with Gasteiger partial charge < -0.3 is 5.32 Å². The Bertz CT molecular complexity index is 197. The lowest BCUT2D eigenvalue weighted by Gasteiger charge is -2.03. The summed E-state index contributed by atoms with van der Waals surface area (Å²) in [6.45, 7) is 0.645. The van der Waals surface area contributed by atoms with Crippen LogP contribution < -0.4 is 10.6 Å². The second kappa shape index (κ2) is 8.53. The first-order valence-corrected chi connectivity index (χ1v) is 4.13. The van der Waals surface area contributed by atoms with E-state index >= 15 is 0 Å². The number of hydrogen-bond donors (Lipinski definition) is 3. The van der Waals surface area contributed by atoms with Crippen molar-refractivity contribution in [3.63, 3.8) is 0 Å². The Hall–Kier alpha value is -1.57. The zero-order valence-electron chi connectivity index (χ0n) is 7.39. The molecule has 0 bridgehead atoms. The molecule has 0 unspecified atom stereocenters. The van der Waals surface area contributed by atoms with Crippen LogP contribution in [0.5, 0.6) is 0 Å². The van der Waals surface area contributed by atoms with E-state index in [1.807, 2.05) is 6.29 Å². The monoisotopic (exact) mass is 181 g/mol. The molecule has 0 saturated carbocycles. The number of nitrogens with zero attached hydrogens (tertiary/aromatic N) is 1. The van der Waals surface area contributed by atoms with Crippen LogP contribution in [-0.2, 0) is 4.79 Å². The Morgan fingerprint density at radius 1 is 1.38 bits per heavy atom. The van der Waals surface area contributed by atoms with Crippen molar-refractivity contribution in [1.29, 1.82) is 10.7 Å². The Kier molecular flexibility index (Phi) is 7.50. The van der Waals surface area contributed by atoms with Crippen molar-refractivity contribution in [1.82, 2.24) is 10.6 Å². The number of hydrogen-bond acceptors (Lipinski definition) is 3. The van der Waals surface area contributed by atoms with Crippen molar-refractivity contribution in [2.24, 2.45) is 0 Å². The zero-order chi connectivity index (χ0) is 9.94. The van der Waals surface area contributed by atoms with E-state index in [0.29, 0.717) is 13.0 Å². The second-order valence-electron chi connectivity index (χ2n) is 2.49. The lowest BCUT2D eigenvalue weighted by molar-refractivity contribution is 0.544. The molecule has 0 aliphatic heterocycles. The third-order valence-electron chi connectivity index (χ3n) is 1.44. The van der Waals surface area contributed by atoms with Gasteiger partial charge in [0.2, 0.25) is 5.96 Å². The first kappa shape index (κ1) is 11.4. The molecule has 0 rings (SSSR count). The van der Waals surface area contributed by atoms with Crippen LogP contribution in [0.25, 0.3) is 0 Å². The van der Waals surface area contributed by atoms with Crippen molar-refractivity contribution >= 4 is 12.2 Å². The predicted molar refractivity (Wildman–Crippen MR) is 48.6 cm³/mol. The van der Waals surface area contributed by atoms with Gasteiger partial charge in [-0.05, 0) is 12.8 Å². The van der Waals surface area contributed by atoms with E-state index in [4.69, 9.17) is 10.7 Å². The van der Waals surface area contributed by atoms with E-state index in [-0.39, 0.29) is 5.96 Å². The zero-order valence-corrected chi connectivity index (χ0v) is 7.39.